The molecule has 1 aliphatic rings. The van der Waals surface area contributed by atoms with Gasteiger partial charge in [-0.1, -0.05) is 5.92 Å². The molecule has 1 unspecified atom stereocenters. The van der Waals surface area contributed by atoms with E-state index in [1.807, 2.05) is 13.8 Å². The van der Waals surface area contributed by atoms with Gasteiger partial charge in [0.1, 0.15) is 5.60 Å². The highest BCUT2D eigenvalue weighted by atomic mass is 35.5. The number of rotatable bonds is 5. The Morgan fingerprint density at radius 2 is 1.79 bits per heavy atom. The van der Waals surface area contributed by atoms with E-state index in [0.29, 0.717) is 13.2 Å². The first-order chi connectivity index (χ1) is 7.93. The van der Waals surface area contributed by atoms with Crippen LogP contribution in [-0.2, 0) is 4.74 Å². The summed E-state index contributed by atoms with van der Waals surface area (Å²) in [5.41, 5.74) is -0.594. The minimum absolute atomic E-state index is 0. The van der Waals surface area contributed by atoms with E-state index in [2.05, 4.69) is 22.8 Å². The second kappa shape index (κ2) is 9.82. The summed E-state index contributed by atoms with van der Waals surface area (Å²) in [4.78, 5) is 4.55. The lowest BCUT2D eigenvalue weighted by atomic mass is 10.1. The number of β-amino-alcohol motifs (C(OH)–C–C–N with tert-alkyl or cyclic N) is 1. The second-order valence-corrected chi connectivity index (χ2v) is 5.22. The lowest BCUT2D eigenvalue weighted by Crippen LogP contribution is -2.48. The maximum Gasteiger partial charge on any atom is 0.122 e. The van der Waals surface area contributed by atoms with Crippen molar-refractivity contribution in [1.29, 1.82) is 0 Å². The van der Waals surface area contributed by atoms with Gasteiger partial charge in [-0.15, -0.1) is 31.2 Å². The predicted octanol–water partition coefficient (Wildman–Crippen LogP) is 0.867. The van der Waals surface area contributed by atoms with Gasteiger partial charge in [0, 0.05) is 32.7 Å². The first-order valence-corrected chi connectivity index (χ1v) is 6.13. The van der Waals surface area contributed by atoms with E-state index in [1.54, 1.807) is 0 Å². The van der Waals surface area contributed by atoms with E-state index in [4.69, 9.17) is 11.2 Å². The van der Waals surface area contributed by atoms with Crippen molar-refractivity contribution in [3.05, 3.63) is 0 Å². The molecule has 0 bridgehead atoms. The van der Waals surface area contributed by atoms with E-state index >= 15 is 0 Å². The minimum Gasteiger partial charge on any atom is -0.389 e. The molecule has 0 amide bonds. The van der Waals surface area contributed by atoms with Gasteiger partial charge in [-0.3, -0.25) is 4.90 Å². The molecule has 1 atom stereocenters. The number of nitrogens with zero attached hydrogens (tertiary/aromatic N) is 2. The molecule has 4 nitrogen and oxygen atoms in total. The van der Waals surface area contributed by atoms with Crippen LogP contribution in [0.3, 0.4) is 0 Å². The smallest absolute Gasteiger partial charge is 0.122 e. The van der Waals surface area contributed by atoms with Gasteiger partial charge in [-0.2, -0.15) is 0 Å². The average Bonchev–Trinajstić information content (AvgIpc) is 2.30. The third-order valence-electron chi connectivity index (χ3n) is 3.05. The lowest BCUT2D eigenvalue weighted by molar-refractivity contribution is -0.0402. The van der Waals surface area contributed by atoms with Gasteiger partial charge in [-0.05, 0) is 20.9 Å². The van der Waals surface area contributed by atoms with Crippen molar-refractivity contribution in [2.45, 2.75) is 25.6 Å². The number of hydrogen-bond acceptors (Lipinski definition) is 4. The summed E-state index contributed by atoms with van der Waals surface area (Å²) >= 11 is 0. The number of aliphatic hydroxyl groups excluding tert-OH is 1. The lowest BCUT2D eigenvalue weighted by Gasteiger charge is -2.33. The van der Waals surface area contributed by atoms with Gasteiger partial charge in [-0.25, -0.2) is 0 Å². The molecule has 6 heteroatoms. The van der Waals surface area contributed by atoms with Crippen molar-refractivity contribution in [3.8, 4) is 12.3 Å². The molecule has 0 spiro atoms. The van der Waals surface area contributed by atoms with Crippen molar-refractivity contribution in [2.24, 2.45) is 0 Å². The monoisotopic (exact) mass is 312 g/mol. The van der Waals surface area contributed by atoms with Crippen LogP contribution in [0.5, 0.6) is 0 Å². The van der Waals surface area contributed by atoms with Crippen LogP contribution in [0.25, 0.3) is 0 Å². The Balaban J connectivity index is 0. The first-order valence-electron chi connectivity index (χ1n) is 6.13. The Bertz CT molecular complexity index is 274. The number of likely N-dealkylation sites (N-methyl/N-ethyl adjacent to an activating group) is 1. The Kier molecular flexibility index (Phi) is 11.0. The van der Waals surface area contributed by atoms with Crippen LogP contribution < -0.4 is 0 Å². The number of halogens is 2. The average molecular weight is 313 g/mol. The number of ether oxygens (including phenoxy) is 1. The summed E-state index contributed by atoms with van der Waals surface area (Å²) in [6.45, 7) is 8.74. The summed E-state index contributed by atoms with van der Waals surface area (Å²) in [6.07, 6.45) is 4.85. The van der Waals surface area contributed by atoms with Gasteiger partial charge in [0.15, 0.2) is 0 Å². The third kappa shape index (κ3) is 8.69. The molecule has 0 aromatic rings. The number of terminal acetylenes is 1. The summed E-state index contributed by atoms with van der Waals surface area (Å²) < 4.78 is 5.48. The van der Waals surface area contributed by atoms with Gasteiger partial charge in [0.2, 0.25) is 0 Å². The van der Waals surface area contributed by atoms with Gasteiger partial charge >= 0.3 is 0 Å². The highest BCUT2D eigenvalue weighted by molar-refractivity contribution is 5.85. The normalized spacial score (nSPS) is 18.9. The van der Waals surface area contributed by atoms with Gasteiger partial charge in [0.05, 0.1) is 12.7 Å². The SMILES string of the molecule is C#CC(C)(C)OCC(O)CN1CCN(C)CC1.Cl.Cl. The second-order valence-electron chi connectivity index (χ2n) is 5.22. The van der Waals surface area contributed by atoms with Crippen molar-refractivity contribution in [1.82, 2.24) is 9.80 Å². The molecule has 19 heavy (non-hydrogen) atoms. The van der Waals surface area contributed by atoms with Crippen LogP contribution in [-0.4, -0.2) is 73.0 Å². The molecule has 114 valence electrons. The minimum atomic E-state index is -0.594. The molecular weight excluding hydrogens is 287 g/mol. The zero-order valence-corrected chi connectivity index (χ0v) is 13.6. The zero-order chi connectivity index (χ0) is 12.9. The highest BCUT2D eigenvalue weighted by Gasteiger charge is 2.20. The van der Waals surface area contributed by atoms with E-state index in [1.165, 1.54) is 0 Å². The summed E-state index contributed by atoms with van der Waals surface area (Å²) in [5, 5.41) is 9.88. The molecular formula is C13H26Cl2N2O2. The molecule has 1 N–H and O–H groups in total. The standard InChI is InChI=1S/C13H24N2O2.2ClH/c1-5-13(2,3)17-11-12(16)10-15-8-6-14(4)7-9-15;;/h1,12,16H,6-11H2,2-4H3;2*1H. The Morgan fingerprint density at radius 3 is 2.26 bits per heavy atom. The summed E-state index contributed by atoms with van der Waals surface area (Å²) in [6, 6.07) is 0. The predicted molar refractivity (Wildman–Crippen MR) is 83.3 cm³/mol. The fraction of sp³-hybridized carbons (Fsp3) is 0.846. The molecule has 0 aliphatic carbocycles. The molecule has 0 radical (unpaired) electrons. The van der Waals surface area contributed by atoms with Crippen molar-refractivity contribution in [2.75, 3.05) is 46.4 Å². The fourth-order valence-corrected chi connectivity index (χ4v) is 1.73. The summed E-state index contributed by atoms with van der Waals surface area (Å²) in [7, 11) is 2.12. The van der Waals surface area contributed by atoms with Crippen LogP contribution in [0.2, 0.25) is 0 Å². The van der Waals surface area contributed by atoms with E-state index in [0.717, 1.165) is 26.2 Å². The Labute approximate surface area is 129 Å². The number of hydrogen-bond donors (Lipinski definition) is 1. The van der Waals surface area contributed by atoms with Crippen LogP contribution in [0.4, 0.5) is 0 Å². The molecule has 1 rings (SSSR count). The van der Waals surface area contributed by atoms with E-state index in [9.17, 15) is 5.11 Å². The fourth-order valence-electron chi connectivity index (χ4n) is 1.73. The van der Waals surface area contributed by atoms with Crippen LogP contribution >= 0.6 is 24.8 Å². The maximum atomic E-state index is 9.88. The molecule has 1 fully saturated rings. The van der Waals surface area contributed by atoms with E-state index in [-0.39, 0.29) is 24.8 Å². The van der Waals surface area contributed by atoms with E-state index < -0.39 is 11.7 Å². The molecule has 0 aromatic carbocycles. The molecule has 1 aliphatic heterocycles. The largest absolute Gasteiger partial charge is 0.389 e. The van der Waals surface area contributed by atoms with Crippen molar-refractivity contribution < 1.29 is 9.84 Å². The van der Waals surface area contributed by atoms with Gasteiger partial charge < -0.3 is 14.7 Å². The van der Waals surface area contributed by atoms with Crippen LogP contribution in [0.15, 0.2) is 0 Å². The molecule has 0 saturated carbocycles. The van der Waals surface area contributed by atoms with Crippen LogP contribution in [0, 0.1) is 12.3 Å². The van der Waals surface area contributed by atoms with Crippen molar-refractivity contribution in [3.63, 3.8) is 0 Å². The maximum absolute atomic E-state index is 9.88. The number of aliphatic hydroxyl groups is 1. The Hall–Kier alpha value is -0.0200. The summed E-state index contributed by atoms with van der Waals surface area (Å²) in [5.74, 6) is 2.55. The van der Waals surface area contributed by atoms with Crippen LogP contribution in [0.1, 0.15) is 13.8 Å². The molecule has 0 aromatic heterocycles. The quantitative estimate of drug-likeness (QED) is 0.764. The van der Waals surface area contributed by atoms with Crippen molar-refractivity contribution >= 4 is 24.8 Å². The molecule has 1 saturated heterocycles. The highest BCUT2D eigenvalue weighted by Crippen LogP contribution is 2.08. The van der Waals surface area contributed by atoms with Gasteiger partial charge in [0.25, 0.3) is 0 Å². The topological polar surface area (TPSA) is 35.9 Å². The Morgan fingerprint density at radius 1 is 1.26 bits per heavy atom. The zero-order valence-electron chi connectivity index (χ0n) is 12.0. The molecule has 1 heterocycles. The first kappa shape index (κ1) is 21.3. The third-order valence-corrected chi connectivity index (χ3v) is 3.05. The number of piperazine rings is 1.